The van der Waals surface area contributed by atoms with Crippen LogP contribution in [0, 0.1) is 0 Å². The largest absolute Gasteiger partial charge is 1.00 e. The number of unbranched alkanes of at least 4 members (excludes halogenated alkanes) is 18. The standard InChI is InChI=1S/C12H26O4S.C12H26O3S.Na/c1-2-3-4-5-6-7-8-9-10-11-12-16-17(13,14)15;1-2-3-4-5-6-7-8-9-10-11-12-15-16(13)14;/h2-12H2,1H3,(H,13,14,15);16H,2-12H2,1H3;/q;;+1/p-1. The molecule has 0 saturated heterocycles. The van der Waals surface area contributed by atoms with Crippen LogP contribution in [0.4, 0.5) is 0 Å². The maximum absolute atomic E-state index is 10.1. The number of rotatable bonds is 24. The first-order valence-corrected chi connectivity index (χ1v) is 15.6. The van der Waals surface area contributed by atoms with Crippen molar-refractivity contribution in [3.63, 3.8) is 0 Å². The van der Waals surface area contributed by atoms with Crippen LogP contribution in [0.2, 0.25) is 0 Å². The minimum atomic E-state index is -4.48. The third-order valence-corrected chi connectivity index (χ3v) is 6.27. The van der Waals surface area contributed by atoms with E-state index in [4.69, 9.17) is 0 Å². The first-order valence-electron chi connectivity index (χ1n) is 13.2. The topological polar surface area (TPSA) is 110 Å². The van der Waals surface area contributed by atoms with E-state index in [1.54, 1.807) is 0 Å². The summed E-state index contributed by atoms with van der Waals surface area (Å²) in [5.41, 5.74) is 0. The molecular formula is C24H51NaO7S2. The number of hydrogen-bond acceptors (Lipinski definition) is 7. The Morgan fingerprint density at radius 3 is 1.15 bits per heavy atom. The Balaban J connectivity index is -0.000000550. The van der Waals surface area contributed by atoms with Crippen molar-refractivity contribution >= 4 is 21.4 Å². The second-order valence-electron chi connectivity index (χ2n) is 8.65. The van der Waals surface area contributed by atoms with E-state index < -0.39 is 21.4 Å². The summed E-state index contributed by atoms with van der Waals surface area (Å²) in [7, 11) is -7.12. The monoisotopic (exact) mass is 538 g/mol. The normalized spacial score (nSPS) is 11.2. The van der Waals surface area contributed by atoms with E-state index in [1.807, 2.05) is 0 Å². The molecule has 0 heterocycles. The molecule has 0 rings (SSSR count). The fourth-order valence-corrected chi connectivity index (χ4v) is 4.08. The first-order chi connectivity index (χ1) is 15.8. The summed E-state index contributed by atoms with van der Waals surface area (Å²) in [6.07, 6.45) is 24.2. The van der Waals surface area contributed by atoms with Crippen LogP contribution in [0.5, 0.6) is 0 Å². The summed E-state index contributed by atoms with van der Waals surface area (Å²) in [4.78, 5) is 0. The molecule has 34 heavy (non-hydrogen) atoms. The summed E-state index contributed by atoms with van der Waals surface area (Å²) < 4.78 is 59.1. The van der Waals surface area contributed by atoms with Gasteiger partial charge in [0.2, 0.25) is 10.4 Å². The van der Waals surface area contributed by atoms with E-state index in [2.05, 4.69) is 22.2 Å². The van der Waals surface area contributed by atoms with Crippen LogP contribution in [0.25, 0.3) is 0 Å². The Morgan fingerprint density at radius 1 is 0.559 bits per heavy atom. The van der Waals surface area contributed by atoms with Gasteiger partial charge in [0.15, 0.2) is 0 Å². The molecule has 0 aromatic carbocycles. The Kier molecular flexibility index (Phi) is 36.8. The average Bonchev–Trinajstić information content (AvgIpc) is 2.75. The molecule has 0 amide bonds. The molecule has 0 unspecified atom stereocenters. The second kappa shape index (κ2) is 31.8. The van der Waals surface area contributed by atoms with Crippen LogP contribution in [0.1, 0.15) is 142 Å². The minimum absolute atomic E-state index is 0. The van der Waals surface area contributed by atoms with Crippen LogP contribution < -0.4 is 29.6 Å². The van der Waals surface area contributed by atoms with Gasteiger partial charge >= 0.3 is 29.6 Å². The van der Waals surface area contributed by atoms with Crippen molar-refractivity contribution in [2.24, 2.45) is 0 Å². The fourth-order valence-electron chi connectivity index (χ4n) is 3.48. The number of thiol groups is 1. The minimum Gasteiger partial charge on any atom is -0.726 e. The predicted molar refractivity (Wildman–Crippen MR) is 136 cm³/mol. The van der Waals surface area contributed by atoms with Crippen LogP contribution >= 0.6 is 0 Å². The van der Waals surface area contributed by atoms with E-state index in [9.17, 15) is 21.4 Å². The zero-order valence-corrected chi connectivity index (χ0v) is 26.0. The van der Waals surface area contributed by atoms with Crippen LogP contribution in [-0.2, 0) is 29.8 Å². The summed E-state index contributed by atoms with van der Waals surface area (Å²) in [5.74, 6) is 0. The number of hydrogen-bond donors (Lipinski definition) is 1. The molecule has 0 radical (unpaired) electrons. The van der Waals surface area contributed by atoms with Gasteiger partial charge in [-0.15, -0.1) is 0 Å². The Bertz CT molecular complexity index is 548. The summed E-state index contributed by atoms with van der Waals surface area (Å²) in [5, 5.41) is 0. The zero-order valence-electron chi connectivity index (χ0n) is 22.3. The van der Waals surface area contributed by atoms with Gasteiger partial charge < -0.3 is 4.55 Å². The van der Waals surface area contributed by atoms with Gasteiger partial charge in [-0.3, -0.25) is 8.37 Å². The quantitative estimate of drug-likeness (QED) is 0.0654. The van der Waals surface area contributed by atoms with Gasteiger partial charge in [-0.2, -0.15) is 0 Å². The Labute approximate surface area is 234 Å². The van der Waals surface area contributed by atoms with Gasteiger partial charge in [-0.05, 0) is 12.8 Å². The summed E-state index contributed by atoms with van der Waals surface area (Å²) >= 11 is 0. The molecule has 0 atom stereocenters. The van der Waals surface area contributed by atoms with Crippen molar-refractivity contribution in [2.45, 2.75) is 142 Å². The average molecular weight is 539 g/mol. The van der Waals surface area contributed by atoms with Crippen molar-refractivity contribution in [3.05, 3.63) is 0 Å². The van der Waals surface area contributed by atoms with E-state index in [1.165, 1.54) is 96.3 Å². The maximum Gasteiger partial charge on any atom is 1.00 e. The predicted octanol–water partition coefficient (Wildman–Crippen LogP) is 3.84. The third-order valence-electron chi connectivity index (χ3n) is 5.42. The molecule has 7 nitrogen and oxygen atoms in total. The van der Waals surface area contributed by atoms with Crippen molar-refractivity contribution in [1.82, 2.24) is 0 Å². The van der Waals surface area contributed by atoms with Crippen molar-refractivity contribution < 1.29 is 59.3 Å². The summed E-state index contributed by atoms with van der Waals surface area (Å²) in [6, 6.07) is 0. The molecule has 0 aliphatic heterocycles. The van der Waals surface area contributed by atoms with Crippen molar-refractivity contribution in [3.8, 4) is 0 Å². The van der Waals surface area contributed by atoms with Gasteiger partial charge in [-0.1, -0.05) is 129 Å². The van der Waals surface area contributed by atoms with E-state index in [0.717, 1.165) is 25.7 Å². The molecule has 0 bridgehead atoms. The molecule has 0 aromatic rings. The molecule has 10 heteroatoms. The molecule has 0 spiro atoms. The van der Waals surface area contributed by atoms with Gasteiger partial charge in [0.05, 0.1) is 13.2 Å². The van der Waals surface area contributed by atoms with Crippen LogP contribution in [-0.4, -0.2) is 34.6 Å². The second-order valence-corrected chi connectivity index (χ2v) is 10.4. The van der Waals surface area contributed by atoms with Crippen molar-refractivity contribution in [1.29, 1.82) is 0 Å². The van der Waals surface area contributed by atoms with Gasteiger partial charge in [0.1, 0.15) is 0 Å². The van der Waals surface area contributed by atoms with Crippen LogP contribution in [0.3, 0.4) is 0 Å². The molecule has 0 aliphatic carbocycles. The van der Waals surface area contributed by atoms with Gasteiger partial charge in [-0.25, -0.2) is 16.8 Å². The fraction of sp³-hybridized carbons (Fsp3) is 1.00. The summed E-state index contributed by atoms with van der Waals surface area (Å²) in [6.45, 7) is 4.83. The maximum atomic E-state index is 10.1. The molecule has 0 aromatic heterocycles. The Hall–Kier alpha value is 0.780. The van der Waals surface area contributed by atoms with Crippen LogP contribution in [0.15, 0.2) is 0 Å². The molecule has 202 valence electrons. The van der Waals surface area contributed by atoms with Gasteiger partial charge in [0.25, 0.3) is 11.0 Å². The first kappa shape index (κ1) is 39.3. The van der Waals surface area contributed by atoms with Crippen molar-refractivity contribution in [2.75, 3.05) is 13.2 Å². The smallest absolute Gasteiger partial charge is 0.726 e. The molecule has 0 N–H and O–H groups in total. The van der Waals surface area contributed by atoms with E-state index >= 15 is 0 Å². The zero-order chi connectivity index (χ0) is 25.0. The molecule has 0 fully saturated rings. The third kappa shape index (κ3) is 42.9. The van der Waals surface area contributed by atoms with E-state index in [-0.39, 0.29) is 36.2 Å². The molecule has 0 saturated carbocycles. The molecule has 0 aliphatic rings. The SMILES string of the molecule is CCCCCCCCCCCCOS(=O)(=O)[O-].CCCCCCCCCCCCO[SH](=O)=O.[Na+]. The van der Waals surface area contributed by atoms with E-state index in [0.29, 0.717) is 13.0 Å². The van der Waals surface area contributed by atoms with Gasteiger partial charge in [0, 0.05) is 0 Å². The Morgan fingerprint density at radius 2 is 0.853 bits per heavy atom. The molecular weight excluding hydrogens is 487 g/mol.